The molecule has 0 saturated carbocycles. The van der Waals surface area contributed by atoms with Crippen LogP contribution in [0.25, 0.3) is 0 Å². The third kappa shape index (κ3) is 2.95. The van der Waals surface area contributed by atoms with Gasteiger partial charge in [0.15, 0.2) is 0 Å². The molecular formula is C13H11ClFN3O. The van der Waals surface area contributed by atoms with E-state index >= 15 is 0 Å². The van der Waals surface area contributed by atoms with Crippen LogP contribution in [0.2, 0.25) is 5.02 Å². The van der Waals surface area contributed by atoms with Crippen LogP contribution in [0.5, 0.6) is 0 Å². The summed E-state index contributed by atoms with van der Waals surface area (Å²) in [5.41, 5.74) is 12.3. The summed E-state index contributed by atoms with van der Waals surface area (Å²) in [6, 6.07) is 8.79. The molecule has 0 saturated heterocycles. The molecule has 0 fully saturated rings. The minimum atomic E-state index is -0.626. The molecule has 2 aromatic rings. The zero-order valence-corrected chi connectivity index (χ0v) is 10.5. The summed E-state index contributed by atoms with van der Waals surface area (Å²) < 4.78 is 13.2. The third-order valence-electron chi connectivity index (χ3n) is 2.51. The number of hydrogen-bond acceptors (Lipinski definition) is 3. The number of nitrogen functional groups attached to an aromatic ring is 1. The number of nitrogens with two attached hydrogens (primary N) is 2. The number of nitrogens with one attached hydrogen (secondary N) is 1. The van der Waals surface area contributed by atoms with E-state index in [9.17, 15) is 9.18 Å². The number of para-hydroxylation sites is 1. The van der Waals surface area contributed by atoms with Gasteiger partial charge in [0.2, 0.25) is 0 Å². The topological polar surface area (TPSA) is 81.1 Å². The fraction of sp³-hybridized carbons (Fsp3) is 0. The van der Waals surface area contributed by atoms with Gasteiger partial charge in [-0.05, 0) is 30.3 Å². The van der Waals surface area contributed by atoms with Crippen LogP contribution in [0.3, 0.4) is 0 Å². The van der Waals surface area contributed by atoms with Gasteiger partial charge in [0.25, 0.3) is 5.91 Å². The van der Waals surface area contributed by atoms with Crippen LogP contribution in [0.4, 0.5) is 21.5 Å². The SMILES string of the molecule is NC(=O)c1cccc(Nc2cc(F)cc(Cl)c2)c1N. The van der Waals surface area contributed by atoms with E-state index in [2.05, 4.69) is 5.32 Å². The van der Waals surface area contributed by atoms with Crippen LogP contribution in [-0.4, -0.2) is 5.91 Å². The fourth-order valence-corrected chi connectivity index (χ4v) is 1.89. The molecule has 1 amide bonds. The lowest BCUT2D eigenvalue weighted by Crippen LogP contribution is -2.14. The predicted octanol–water partition coefficient (Wildman–Crippen LogP) is 2.90. The molecular weight excluding hydrogens is 269 g/mol. The first-order chi connectivity index (χ1) is 8.97. The standard InChI is InChI=1S/C13H11ClFN3O/c14-7-4-8(15)6-9(5-7)18-11-3-1-2-10(12(11)16)13(17)19/h1-6,18H,16H2,(H2,17,19). The number of amides is 1. The molecule has 98 valence electrons. The Labute approximate surface area is 114 Å². The van der Waals surface area contributed by atoms with Crippen LogP contribution >= 0.6 is 11.6 Å². The Hall–Kier alpha value is -2.27. The van der Waals surface area contributed by atoms with Gasteiger partial charge in [-0.2, -0.15) is 0 Å². The highest BCUT2D eigenvalue weighted by atomic mass is 35.5. The van der Waals surface area contributed by atoms with E-state index < -0.39 is 11.7 Å². The molecule has 0 atom stereocenters. The van der Waals surface area contributed by atoms with Crippen molar-refractivity contribution in [2.75, 3.05) is 11.1 Å². The number of hydrogen-bond donors (Lipinski definition) is 3. The first-order valence-electron chi connectivity index (χ1n) is 5.39. The Bertz CT molecular complexity index is 626. The van der Waals surface area contributed by atoms with Crippen molar-refractivity contribution in [3.8, 4) is 0 Å². The van der Waals surface area contributed by atoms with Crippen LogP contribution in [0.15, 0.2) is 36.4 Å². The van der Waals surface area contributed by atoms with Crippen LogP contribution in [0, 0.1) is 5.82 Å². The zero-order valence-electron chi connectivity index (χ0n) is 9.78. The van der Waals surface area contributed by atoms with Crippen molar-refractivity contribution in [1.82, 2.24) is 0 Å². The quantitative estimate of drug-likeness (QED) is 0.756. The molecule has 2 rings (SSSR count). The van der Waals surface area contributed by atoms with E-state index in [-0.39, 0.29) is 16.3 Å². The van der Waals surface area contributed by atoms with E-state index in [1.54, 1.807) is 18.2 Å². The van der Waals surface area contributed by atoms with Crippen molar-refractivity contribution in [3.05, 3.63) is 52.8 Å². The second kappa shape index (κ2) is 5.16. The Morgan fingerprint density at radius 2 is 2.00 bits per heavy atom. The molecule has 0 aliphatic rings. The highest BCUT2D eigenvalue weighted by Gasteiger charge is 2.10. The molecule has 19 heavy (non-hydrogen) atoms. The molecule has 0 aliphatic carbocycles. The Kier molecular flexibility index (Phi) is 3.57. The van der Waals surface area contributed by atoms with Gasteiger partial charge in [-0.25, -0.2) is 4.39 Å². The molecule has 4 nitrogen and oxygen atoms in total. The second-order valence-corrected chi connectivity index (χ2v) is 4.35. The number of benzene rings is 2. The Morgan fingerprint density at radius 1 is 1.26 bits per heavy atom. The van der Waals surface area contributed by atoms with Crippen LogP contribution in [-0.2, 0) is 0 Å². The highest BCUT2D eigenvalue weighted by Crippen LogP contribution is 2.27. The van der Waals surface area contributed by atoms with Crippen LogP contribution in [0.1, 0.15) is 10.4 Å². The summed E-state index contributed by atoms with van der Waals surface area (Å²) in [6.45, 7) is 0. The minimum Gasteiger partial charge on any atom is -0.396 e. The smallest absolute Gasteiger partial charge is 0.250 e. The molecule has 0 unspecified atom stereocenters. The summed E-state index contributed by atoms with van der Waals surface area (Å²) in [4.78, 5) is 11.2. The minimum absolute atomic E-state index is 0.201. The number of carbonyl (C=O) groups excluding carboxylic acids is 1. The van der Waals surface area contributed by atoms with Crippen molar-refractivity contribution < 1.29 is 9.18 Å². The molecule has 5 N–H and O–H groups in total. The van der Waals surface area contributed by atoms with Crippen molar-refractivity contribution in [3.63, 3.8) is 0 Å². The summed E-state index contributed by atoms with van der Waals surface area (Å²) in [7, 11) is 0. The van der Waals surface area contributed by atoms with E-state index in [0.29, 0.717) is 11.4 Å². The normalized spacial score (nSPS) is 10.2. The molecule has 0 heterocycles. The van der Waals surface area contributed by atoms with E-state index in [4.69, 9.17) is 23.1 Å². The third-order valence-corrected chi connectivity index (χ3v) is 2.73. The van der Waals surface area contributed by atoms with E-state index in [1.165, 1.54) is 18.2 Å². The number of carbonyl (C=O) groups is 1. The van der Waals surface area contributed by atoms with Crippen LogP contribution < -0.4 is 16.8 Å². The highest BCUT2D eigenvalue weighted by molar-refractivity contribution is 6.30. The lowest BCUT2D eigenvalue weighted by Gasteiger charge is -2.11. The van der Waals surface area contributed by atoms with Gasteiger partial charge in [-0.1, -0.05) is 17.7 Å². The van der Waals surface area contributed by atoms with Crippen molar-refractivity contribution in [2.45, 2.75) is 0 Å². The first kappa shape index (κ1) is 13.2. The molecule has 0 bridgehead atoms. The average Bonchev–Trinajstić information content (AvgIpc) is 2.30. The monoisotopic (exact) mass is 279 g/mol. The maximum Gasteiger partial charge on any atom is 0.250 e. The first-order valence-corrected chi connectivity index (χ1v) is 5.76. The summed E-state index contributed by atoms with van der Waals surface area (Å²) in [6.07, 6.45) is 0. The summed E-state index contributed by atoms with van der Waals surface area (Å²) in [5.74, 6) is -1.10. The maximum atomic E-state index is 13.2. The average molecular weight is 280 g/mol. The molecule has 0 spiro atoms. The molecule has 0 aromatic heterocycles. The van der Waals surface area contributed by atoms with Gasteiger partial charge in [-0.15, -0.1) is 0 Å². The largest absolute Gasteiger partial charge is 0.396 e. The van der Waals surface area contributed by atoms with E-state index in [1.807, 2.05) is 0 Å². The molecule has 6 heteroatoms. The van der Waals surface area contributed by atoms with Crippen molar-refractivity contribution >= 4 is 34.6 Å². The van der Waals surface area contributed by atoms with Gasteiger partial charge < -0.3 is 16.8 Å². The zero-order chi connectivity index (χ0) is 14.0. The van der Waals surface area contributed by atoms with Crippen molar-refractivity contribution in [2.24, 2.45) is 5.73 Å². The predicted molar refractivity (Wildman–Crippen MR) is 74.1 cm³/mol. The number of rotatable bonds is 3. The number of primary amides is 1. The molecule has 2 aromatic carbocycles. The van der Waals surface area contributed by atoms with Gasteiger partial charge in [0, 0.05) is 10.7 Å². The second-order valence-electron chi connectivity index (χ2n) is 3.91. The number of anilines is 3. The van der Waals surface area contributed by atoms with Gasteiger partial charge in [0.1, 0.15) is 5.82 Å². The van der Waals surface area contributed by atoms with Gasteiger partial charge >= 0.3 is 0 Å². The Morgan fingerprint density at radius 3 is 2.63 bits per heavy atom. The van der Waals surface area contributed by atoms with Gasteiger partial charge in [-0.3, -0.25) is 4.79 Å². The van der Waals surface area contributed by atoms with Gasteiger partial charge in [0.05, 0.1) is 16.9 Å². The number of halogens is 2. The lowest BCUT2D eigenvalue weighted by molar-refractivity contribution is 0.100. The lowest BCUT2D eigenvalue weighted by atomic mass is 10.1. The summed E-state index contributed by atoms with van der Waals surface area (Å²) >= 11 is 5.75. The Balaban J connectivity index is 2.38. The molecule has 0 radical (unpaired) electrons. The maximum absolute atomic E-state index is 13.2. The van der Waals surface area contributed by atoms with Crippen molar-refractivity contribution in [1.29, 1.82) is 0 Å². The summed E-state index contributed by atoms with van der Waals surface area (Å²) in [5, 5.41) is 3.15. The van der Waals surface area contributed by atoms with E-state index in [0.717, 1.165) is 0 Å². The molecule has 0 aliphatic heterocycles. The fourth-order valence-electron chi connectivity index (χ4n) is 1.67.